The normalized spacial score (nSPS) is 15.0. The Bertz CT molecular complexity index is 152. The van der Waals surface area contributed by atoms with Gasteiger partial charge in [0.25, 0.3) is 0 Å². The molecule has 2 heteroatoms. The molecule has 0 aromatic carbocycles. The highest BCUT2D eigenvalue weighted by Crippen LogP contribution is 2.03. The summed E-state index contributed by atoms with van der Waals surface area (Å²) in [6.45, 7) is 2.14. The number of nitrogens with zero attached hydrogens (tertiary/aromatic N) is 2. The summed E-state index contributed by atoms with van der Waals surface area (Å²) in [7, 11) is 0. The van der Waals surface area contributed by atoms with Gasteiger partial charge >= 0.3 is 0 Å². The molecular weight excluding hydrogens is 112 g/mol. The molecule has 0 N–H and O–H groups in total. The molecule has 0 bridgehead atoms. The number of hydrogen-bond donors (Lipinski definition) is 0. The minimum atomic E-state index is 0.858. The zero-order valence-corrected chi connectivity index (χ0v) is 5.54. The Labute approximate surface area is 55.0 Å². The van der Waals surface area contributed by atoms with Crippen molar-refractivity contribution in [3.8, 4) is 0 Å². The number of allylic oxidation sites excluding steroid dienone is 1. The summed E-state index contributed by atoms with van der Waals surface area (Å²) >= 11 is 0. The predicted octanol–water partition coefficient (Wildman–Crippen LogP) is 1.78. The van der Waals surface area contributed by atoms with Gasteiger partial charge in [0.15, 0.2) is 0 Å². The molecule has 1 rings (SSSR count). The molecule has 0 fully saturated rings. The first-order valence-corrected chi connectivity index (χ1v) is 3.20. The second kappa shape index (κ2) is 3.17. The van der Waals surface area contributed by atoms with Gasteiger partial charge in [-0.05, 0) is 12.5 Å². The summed E-state index contributed by atoms with van der Waals surface area (Å²) in [4.78, 5) is 7.97. The van der Waals surface area contributed by atoms with Gasteiger partial charge in [-0.25, -0.2) is 9.98 Å². The van der Waals surface area contributed by atoms with Crippen molar-refractivity contribution in [2.75, 3.05) is 0 Å². The number of hydrogen-bond acceptors (Lipinski definition) is 2. The van der Waals surface area contributed by atoms with Crippen molar-refractivity contribution in [1.29, 1.82) is 0 Å². The Morgan fingerprint density at radius 1 is 1.44 bits per heavy atom. The maximum Gasteiger partial charge on any atom is 0.147 e. The molecule has 0 radical (unpaired) electrons. The average Bonchev–Trinajstić information content (AvgIpc) is 2.34. The molecule has 1 aliphatic rings. The summed E-state index contributed by atoms with van der Waals surface area (Å²) in [5, 5.41) is 0. The van der Waals surface area contributed by atoms with Crippen LogP contribution in [0.25, 0.3) is 0 Å². The summed E-state index contributed by atoms with van der Waals surface area (Å²) in [5.41, 5.74) is 0. The zero-order valence-electron chi connectivity index (χ0n) is 5.54. The van der Waals surface area contributed by atoms with Crippen LogP contribution in [-0.4, -0.2) is 12.4 Å². The monoisotopic (exact) mass is 122 g/mol. The Morgan fingerprint density at radius 2 is 2.11 bits per heavy atom. The smallest absolute Gasteiger partial charge is 0.147 e. The summed E-state index contributed by atoms with van der Waals surface area (Å²) in [5.74, 6) is 0.858. The van der Waals surface area contributed by atoms with Gasteiger partial charge in [-0.1, -0.05) is 13.3 Å². The Hall–Kier alpha value is -0.920. The van der Waals surface area contributed by atoms with Crippen LogP contribution < -0.4 is 0 Å². The molecule has 0 unspecified atom stereocenters. The van der Waals surface area contributed by atoms with Crippen molar-refractivity contribution in [2.24, 2.45) is 9.98 Å². The highest BCUT2D eigenvalue weighted by Gasteiger charge is 1.90. The molecular formula is C7H10N2. The molecule has 0 spiro atoms. The lowest BCUT2D eigenvalue weighted by Crippen LogP contribution is -1.66. The summed E-state index contributed by atoms with van der Waals surface area (Å²) < 4.78 is 0. The first-order chi connectivity index (χ1) is 4.43. The second-order valence-corrected chi connectivity index (χ2v) is 1.91. The molecule has 48 valence electrons. The quantitative estimate of drug-likeness (QED) is 0.533. The molecule has 0 atom stereocenters. The van der Waals surface area contributed by atoms with Crippen LogP contribution in [0.5, 0.6) is 0 Å². The van der Waals surface area contributed by atoms with Crippen molar-refractivity contribution in [1.82, 2.24) is 0 Å². The van der Waals surface area contributed by atoms with Crippen LogP contribution in [0.1, 0.15) is 19.8 Å². The SMILES string of the molecule is CCCC=C1N=CC=N1. The number of rotatable bonds is 2. The van der Waals surface area contributed by atoms with Crippen LogP contribution in [0.2, 0.25) is 0 Å². The lowest BCUT2D eigenvalue weighted by molar-refractivity contribution is 0.944. The Morgan fingerprint density at radius 3 is 2.67 bits per heavy atom. The van der Waals surface area contributed by atoms with Crippen LogP contribution in [0.15, 0.2) is 21.9 Å². The third-order valence-corrected chi connectivity index (χ3v) is 1.10. The van der Waals surface area contributed by atoms with Gasteiger partial charge in [0.05, 0.1) is 0 Å². The predicted molar refractivity (Wildman–Crippen MR) is 40.0 cm³/mol. The van der Waals surface area contributed by atoms with E-state index in [-0.39, 0.29) is 0 Å². The van der Waals surface area contributed by atoms with Crippen LogP contribution >= 0.6 is 0 Å². The molecule has 9 heavy (non-hydrogen) atoms. The van der Waals surface area contributed by atoms with E-state index in [4.69, 9.17) is 0 Å². The highest BCUT2D eigenvalue weighted by molar-refractivity contribution is 6.18. The van der Waals surface area contributed by atoms with E-state index in [1.54, 1.807) is 12.4 Å². The van der Waals surface area contributed by atoms with E-state index in [2.05, 4.69) is 16.9 Å². The molecule has 0 aliphatic carbocycles. The summed E-state index contributed by atoms with van der Waals surface area (Å²) in [6, 6.07) is 0. The molecule has 0 saturated heterocycles. The van der Waals surface area contributed by atoms with Crippen LogP contribution in [0.4, 0.5) is 0 Å². The van der Waals surface area contributed by atoms with E-state index in [9.17, 15) is 0 Å². The van der Waals surface area contributed by atoms with Crippen LogP contribution in [0.3, 0.4) is 0 Å². The molecule has 0 aromatic heterocycles. The fourth-order valence-corrected chi connectivity index (χ4v) is 0.632. The van der Waals surface area contributed by atoms with Gasteiger partial charge < -0.3 is 0 Å². The lowest BCUT2D eigenvalue weighted by Gasteiger charge is -1.85. The first kappa shape index (κ1) is 6.20. The largest absolute Gasteiger partial charge is 0.236 e. The van der Waals surface area contributed by atoms with Gasteiger partial charge in [0.1, 0.15) is 5.82 Å². The van der Waals surface area contributed by atoms with Crippen molar-refractivity contribution in [3.05, 3.63) is 11.9 Å². The van der Waals surface area contributed by atoms with Crippen molar-refractivity contribution >= 4 is 12.4 Å². The standard InChI is InChI=1S/C7H10N2/c1-2-3-4-7-8-5-6-9-7/h4-6H,2-3H2,1H3. The van der Waals surface area contributed by atoms with E-state index < -0.39 is 0 Å². The van der Waals surface area contributed by atoms with Crippen molar-refractivity contribution < 1.29 is 0 Å². The van der Waals surface area contributed by atoms with E-state index in [1.165, 1.54) is 0 Å². The number of unbranched alkanes of at least 4 members (excludes halogenated alkanes) is 1. The minimum absolute atomic E-state index is 0.858. The molecule has 2 nitrogen and oxygen atoms in total. The maximum atomic E-state index is 3.99. The topological polar surface area (TPSA) is 24.7 Å². The van der Waals surface area contributed by atoms with Gasteiger partial charge in [0, 0.05) is 12.4 Å². The summed E-state index contributed by atoms with van der Waals surface area (Å²) in [6.07, 6.45) is 7.70. The first-order valence-electron chi connectivity index (χ1n) is 3.20. The third-order valence-electron chi connectivity index (χ3n) is 1.10. The van der Waals surface area contributed by atoms with Gasteiger partial charge in [0.2, 0.25) is 0 Å². The Kier molecular flexibility index (Phi) is 2.19. The second-order valence-electron chi connectivity index (χ2n) is 1.91. The van der Waals surface area contributed by atoms with E-state index >= 15 is 0 Å². The van der Waals surface area contributed by atoms with Crippen molar-refractivity contribution in [2.45, 2.75) is 19.8 Å². The van der Waals surface area contributed by atoms with Gasteiger partial charge in [-0.3, -0.25) is 0 Å². The fourth-order valence-electron chi connectivity index (χ4n) is 0.632. The van der Waals surface area contributed by atoms with Crippen molar-refractivity contribution in [3.63, 3.8) is 0 Å². The maximum absolute atomic E-state index is 3.99. The molecule has 1 heterocycles. The van der Waals surface area contributed by atoms with E-state index in [1.807, 2.05) is 6.08 Å². The van der Waals surface area contributed by atoms with Crippen LogP contribution in [-0.2, 0) is 0 Å². The fraction of sp³-hybridized carbons (Fsp3) is 0.429. The zero-order chi connectivity index (χ0) is 6.53. The lowest BCUT2D eigenvalue weighted by atomic mass is 10.3. The van der Waals surface area contributed by atoms with E-state index in [0.29, 0.717) is 0 Å². The van der Waals surface area contributed by atoms with Gasteiger partial charge in [-0.2, -0.15) is 0 Å². The number of aliphatic imine (C=N–C) groups is 2. The van der Waals surface area contributed by atoms with Crippen LogP contribution in [0, 0.1) is 0 Å². The van der Waals surface area contributed by atoms with E-state index in [0.717, 1.165) is 18.7 Å². The van der Waals surface area contributed by atoms with Gasteiger partial charge in [-0.15, -0.1) is 0 Å². The molecule has 0 aromatic rings. The highest BCUT2D eigenvalue weighted by atomic mass is 15.0. The molecule has 1 aliphatic heterocycles. The molecule has 0 saturated carbocycles. The molecule has 0 amide bonds. The average molecular weight is 122 g/mol. The third kappa shape index (κ3) is 1.80. The minimum Gasteiger partial charge on any atom is -0.236 e. The Balaban J connectivity index is 2.42.